The molecule has 0 fully saturated rings. The van der Waals surface area contributed by atoms with Crippen molar-refractivity contribution >= 4 is 10.1 Å². The van der Waals surface area contributed by atoms with Gasteiger partial charge in [0.15, 0.2) is 0 Å². The highest BCUT2D eigenvalue weighted by Crippen LogP contribution is 2.10. The van der Waals surface area contributed by atoms with Crippen LogP contribution in [-0.2, 0) is 14.3 Å². The Bertz CT molecular complexity index is 333. The molecule has 0 unspecified atom stereocenters. The van der Waals surface area contributed by atoms with Crippen molar-refractivity contribution in [2.24, 2.45) is 0 Å². The lowest BCUT2D eigenvalue weighted by molar-refractivity contribution is 0.198. The van der Waals surface area contributed by atoms with Gasteiger partial charge in [0.2, 0.25) is 6.86 Å². The summed E-state index contributed by atoms with van der Waals surface area (Å²) in [7, 11) is -3.91. The van der Waals surface area contributed by atoms with Crippen LogP contribution in [0.1, 0.15) is 0 Å². The molecule has 0 aromatic heterocycles. The predicted octanol–water partition coefficient (Wildman–Crippen LogP) is 1.12. The van der Waals surface area contributed by atoms with Gasteiger partial charge in [-0.15, -0.1) is 0 Å². The van der Waals surface area contributed by atoms with Gasteiger partial charge >= 0.3 is 0 Å². The van der Waals surface area contributed by atoms with E-state index >= 15 is 0 Å². The third-order valence-electron chi connectivity index (χ3n) is 1.18. The van der Waals surface area contributed by atoms with Crippen LogP contribution < -0.4 is 0 Å². The van der Waals surface area contributed by atoms with E-state index in [0.717, 1.165) is 0 Å². The molecule has 65 valence electrons. The first-order chi connectivity index (χ1) is 5.67. The molecule has 12 heavy (non-hydrogen) atoms. The molecule has 1 rings (SSSR count). The van der Waals surface area contributed by atoms with E-state index in [2.05, 4.69) is 10.2 Å². The normalized spacial score (nSPS) is 11.4. The summed E-state index contributed by atoms with van der Waals surface area (Å²) in [4.78, 5) is -0.0705. The SMILES string of the molecule is O=S(=O)(OCF)c1cc[c]cc1. The molecule has 3 nitrogen and oxygen atoms in total. The quantitative estimate of drug-likeness (QED) is 0.669. The van der Waals surface area contributed by atoms with Crippen molar-refractivity contribution < 1.29 is 17.0 Å². The zero-order valence-electron chi connectivity index (χ0n) is 6.03. The number of hydrogen-bond acceptors (Lipinski definition) is 3. The molecule has 0 aliphatic rings. The summed E-state index contributed by atoms with van der Waals surface area (Å²) in [6.45, 7) is -1.35. The lowest BCUT2D eigenvalue weighted by Crippen LogP contribution is -2.04. The number of alkyl halides is 1. The summed E-state index contributed by atoms with van der Waals surface area (Å²) >= 11 is 0. The fourth-order valence-electron chi connectivity index (χ4n) is 0.665. The lowest BCUT2D eigenvalue weighted by atomic mass is 10.4. The molecule has 0 amide bonds. The van der Waals surface area contributed by atoms with Crippen LogP contribution in [0.3, 0.4) is 0 Å². The Morgan fingerprint density at radius 1 is 1.42 bits per heavy atom. The smallest absolute Gasteiger partial charge is 0.232 e. The zero-order valence-corrected chi connectivity index (χ0v) is 6.84. The van der Waals surface area contributed by atoms with Crippen molar-refractivity contribution in [3.8, 4) is 0 Å². The predicted molar refractivity (Wildman–Crippen MR) is 39.5 cm³/mol. The molecule has 0 heterocycles. The third kappa shape index (κ3) is 2.02. The zero-order chi connectivity index (χ0) is 9.03. The van der Waals surface area contributed by atoms with Gasteiger partial charge in [-0.25, -0.2) is 8.57 Å². The Hall–Kier alpha value is -0.940. The van der Waals surface area contributed by atoms with Gasteiger partial charge in [-0.05, 0) is 18.2 Å². The van der Waals surface area contributed by atoms with Crippen molar-refractivity contribution in [2.75, 3.05) is 6.86 Å². The van der Waals surface area contributed by atoms with Gasteiger partial charge in [-0.3, -0.25) is 0 Å². The number of rotatable bonds is 3. The van der Waals surface area contributed by atoms with E-state index in [1.54, 1.807) is 0 Å². The maximum absolute atomic E-state index is 11.6. The molecule has 0 saturated carbocycles. The van der Waals surface area contributed by atoms with Crippen molar-refractivity contribution in [1.82, 2.24) is 0 Å². The summed E-state index contributed by atoms with van der Waals surface area (Å²) < 4.78 is 37.4. The second kappa shape index (κ2) is 3.64. The van der Waals surface area contributed by atoms with E-state index in [1.807, 2.05) is 0 Å². The molecule has 0 atom stereocenters. The van der Waals surface area contributed by atoms with Crippen molar-refractivity contribution in [1.29, 1.82) is 0 Å². The Balaban J connectivity index is 2.99. The summed E-state index contributed by atoms with van der Waals surface area (Å²) in [5.41, 5.74) is 0. The molecule has 0 aliphatic heterocycles. The van der Waals surface area contributed by atoms with Crippen molar-refractivity contribution in [3.05, 3.63) is 30.3 Å². The minimum absolute atomic E-state index is 0.0705. The van der Waals surface area contributed by atoms with Gasteiger partial charge in [-0.1, -0.05) is 12.1 Å². The molecule has 5 heteroatoms. The fourth-order valence-corrected chi connectivity index (χ4v) is 1.39. The molecule has 0 spiro atoms. The summed E-state index contributed by atoms with van der Waals surface area (Å²) in [5, 5.41) is 0. The molecule has 1 aromatic rings. The molecule has 1 aromatic carbocycles. The average molecular weight is 189 g/mol. The molecule has 1 radical (unpaired) electrons. The lowest BCUT2D eigenvalue weighted by Gasteiger charge is -1.99. The molecule has 0 N–H and O–H groups in total. The highest BCUT2D eigenvalue weighted by atomic mass is 32.2. The monoisotopic (exact) mass is 189 g/mol. The van der Waals surface area contributed by atoms with E-state index in [0.29, 0.717) is 0 Å². The van der Waals surface area contributed by atoms with Crippen molar-refractivity contribution in [3.63, 3.8) is 0 Å². The average Bonchev–Trinajstić information content (AvgIpc) is 2.06. The van der Waals surface area contributed by atoms with Crippen LogP contribution in [0.15, 0.2) is 29.2 Å². The topological polar surface area (TPSA) is 43.4 Å². The Morgan fingerprint density at radius 3 is 2.50 bits per heavy atom. The van der Waals surface area contributed by atoms with Gasteiger partial charge in [-0.2, -0.15) is 8.42 Å². The van der Waals surface area contributed by atoms with E-state index in [4.69, 9.17) is 0 Å². The van der Waals surface area contributed by atoms with Gasteiger partial charge in [0, 0.05) is 0 Å². The van der Waals surface area contributed by atoms with Gasteiger partial charge in [0.05, 0.1) is 4.90 Å². The van der Waals surface area contributed by atoms with Gasteiger partial charge in [0.25, 0.3) is 10.1 Å². The first kappa shape index (κ1) is 9.15. The number of halogens is 1. The van der Waals surface area contributed by atoms with E-state index in [-0.39, 0.29) is 4.90 Å². The molecule has 0 saturated heterocycles. The minimum atomic E-state index is -3.91. The van der Waals surface area contributed by atoms with Crippen LogP contribution in [0.4, 0.5) is 4.39 Å². The van der Waals surface area contributed by atoms with E-state index in [1.165, 1.54) is 24.3 Å². The minimum Gasteiger partial charge on any atom is -0.232 e. The fraction of sp³-hybridized carbons (Fsp3) is 0.143. The van der Waals surface area contributed by atoms with Crippen LogP contribution in [0, 0.1) is 6.07 Å². The second-order valence-corrected chi connectivity index (χ2v) is 3.53. The van der Waals surface area contributed by atoms with Crippen LogP contribution >= 0.6 is 0 Å². The maximum Gasteiger partial charge on any atom is 0.299 e. The number of hydrogen-bond donors (Lipinski definition) is 0. The van der Waals surface area contributed by atoms with Crippen molar-refractivity contribution in [2.45, 2.75) is 4.90 Å². The highest BCUT2D eigenvalue weighted by Gasteiger charge is 2.13. The van der Waals surface area contributed by atoms with Crippen LogP contribution in [0.25, 0.3) is 0 Å². The summed E-state index contributed by atoms with van der Waals surface area (Å²) in [5.74, 6) is 0. The van der Waals surface area contributed by atoms with Gasteiger partial charge < -0.3 is 0 Å². The first-order valence-corrected chi connectivity index (χ1v) is 4.49. The Labute approximate surface area is 69.9 Å². The maximum atomic E-state index is 11.6. The molecular formula is C7H6FO3S. The largest absolute Gasteiger partial charge is 0.299 e. The molecule has 0 bridgehead atoms. The van der Waals surface area contributed by atoms with E-state index in [9.17, 15) is 12.8 Å². The molecule has 0 aliphatic carbocycles. The third-order valence-corrected chi connectivity index (χ3v) is 2.42. The Kier molecular flexibility index (Phi) is 2.78. The summed E-state index contributed by atoms with van der Waals surface area (Å²) in [6, 6.07) is 8.02. The van der Waals surface area contributed by atoms with Gasteiger partial charge in [0.1, 0.15) is 0 Å². The first-order valence-electron chi connectivity index (χ1n) is 3.08. The van der Waals surface area contributed by atoms with E-state index < -0.39 is 17.0 Å². The Morgan fingerprint density at radius 2 is 2.00 bits per heavy atom. The highest BCUT2D eigenvalue weighted by molar-refractivity contribution is 7.86. The standard InChI is InChI=1S/C7H6FO3S/c8-6-11-12(9,10)7-4-2-1-3-5-7/h2-5H,6H2. The van der Waals surface area contributed by atoms with Crippen LogP contribution in [-0.4, -0.2) is 15.3 Å². The van der Waals surface area contributed by atoms with Crippen LogP contribution in [0.5, 0.6) is 0 Å². The molecular weight excluding hydrogens is 183 g/mol. The second-order valence-electron chi connectivity index (χ2n) is 1.92. The summed E-state index contributed by atoms with van der Waals surface area (Å²) in [6.07, 6.45) is 0. The van der Waals surface area contributed by atoms with Crippen LogP contribution in [0.2, 0.25) is 0 Å². The number of benzene rings is 1.